The fourth-order valence-corrected chi connectivity index (χ4v) is 2.19. The van der Waals surface area contributed by atoms with E-state index in [1.807, 2.05) is 24.3 Å². The lowest BCUT2D eigenvalue weighted by Crippen LogP contribution is -2.41. The van der Waals surface area contributed by atoms with Crippen LogP contribution < -0.4 is 15.4 Å². The summed E-state index contributed by atoms with van der Waals surface area (Å²) in [5, 5.41) is 6.14. The lowest BCUT2D eigenvalue weighted by molar-refractivity contribution is -0.120. The van der Waals surface area contributed by atoms with Crippen molar-refractivity contribution in [3.63, 3.8) is 0 Å². The maximum atomic E-state index is 11.9. The molecule has 0 atom stereocenters. The van der Waals surface area contributed by atoms with E-state index < -0.39 is 0 Å². The van der Waals surface area contributed by atoms with Crippen LogP contribution in [0.4, 0.5) is 5.69 Å². The number of benzene rings is 1. The Balaban J connectivity index is 1.70. The van der Waals surface area contributed by atoms with E-state index in [9.17, 15) is 4.79 Å². The lowest BCUT2D eigenvalue weighted by Gasteiger charge is -2.23. The smallest absolute Gasteiger partial charge is 0.239 e. The molecule has 0 aromatic heterocycles. The maximum absolute atomic E-state index is 11.9. The van der Waals surface area contributed by atoms with Gasteiger partial charge in [-0.15, -0.1) is 0 Å². The van der Waals surface area contributed by atoms with Gasteiger partial charge in [-0.2, -0.15) is 0 Å². The van der Waals surface area contributed by atoms with Crippen LogP contribution in [0.15, 0.2) is 24.3 Å². The van der Waals surface area contributed by atoms with Crippen LogP contribution in [-0.4, -0.2) is 38.3 Å². The first-order chi connectivity index (χ1) is 10.3. The van der Waals surface area contributed by atoms with Crippen molar-refractivity contribution < 1.29 is 14.3 Å². The second-order valence-electron chi connectivity index (χ2n) is 5.18. The van der Waals surface area contributed by atoms with Crippen LogP contribution >= 0.6 is 0 Å². The molecular formula is C16H24N2O3. The Labute approximate surface area is 126 Å². The Kier molecular flexibility index (Phi) is 6.34. The summed E-state index contributed by atoms with van der Waals surface area (Å²) in [4.78, 5) is 11.9. The SMILES string of the molecule is CCCOc1ccc(NCC(=O)NC2CCOCC2)cc1. The molecule has 1 heterocycles. The first-order valence-electron chi connectivity index (χ1n) is 7.62. The van der Waals surface area contributed by atoms with E-state index in [-0.39, 0.29) is 18.5 Å². The summed E-state index contributed by atoms with van der Waals surface area (Å²) >= 11 is 0. The van der Waals surface area contributed by atoms with E-state index in [2.05, 4.69) is 17.6 Å². The van der Waals surface area contributed by atoms with Crippen LogP contribution in [0.25, 0.3) is 0 Å². The average Bonchev–Trinajstić information content (AvgIpc) is 2.53. The Bertz CT molecular complexity index is 428. The van der Waals surface area contributed by atoms with Gasteiger partial charge in [0.25, 0.3) is 0 Å². The van der Waals surface area contributed by atoms with Crippen LogP contribution in [0.5, 0.6) is 5.75 Å². The van der Waals surface area contributed by atoms with Crippen molar-refractivity contribution in [1.29, 1.82) is 0 Å². The molecule has 1 fully saturated rings. The number of anilines is 1. The highest BCUT2D eigenvalue weighted by Crippen LogP contribution is 2.15. The highest BCUT2D eigenvalue weighted by Gasteiger charge is 2.15. The molecule has 0 bridgehead atoms. The van der Waals surface area contributed by atoms with Crippen LogP contribution in [0.3, 0.4) is 0 Å². The number of carbonyl (C=O) groups is 1. The number of hydrogen-bond donors (Lipinski definition) is 2. The van der Waals surface area contributed by atoms with E-state index in [4.69, 9.17) is 9.47 Å². The number of carbonyl (C=O) groups excluding carboxylic acids is 1. The third-order valence-electron chi connectivity index (χ3n) is 3.37. The molecule has 5 heteroatoms. The fourth-order valence-electron chi connectivity index (χ4n) is 2.19. The molecule has 2 N–H and O–H groups in total. The molecule has 2 rings (SSSR count). The second kappa shape index (κ2) is 8.52. The van der Waals surface area contributed by atoms with E-state index in [0.29, 0.717) is 0 Å². The molecule has 116 valence electrons. The van der Waals surface area contributed by atoms with Gasteiger partial charge in [0, 0.05) is 24.9 Å². The summed E-state index contributed by atoms with van der Waals surface area (Å²) < 4.78 is 10.8. The van der Waals surface area contributed by atoms with Gasteiger partial charge >= 0.3 is 0 Å². The zero-order chi connectivity index (χ0) is 14.9. The highest BCUT2D eigenvalue weighted by atomic mass is 16.5. The molecule has 0 unspecified atom stereocenters. The number of rotatable bonds is 7. The molecule has 1 aromatic rings. The van der Waals surface area contributed by atoms with Gasteiger partial charge in [-0.25, -0.2) is 0 Å². The quantitative estimate of drug-likeness (QED) is 0.808. The monoisotopic (exact) mass is 292 g/mol. The van der Waals surface area contributed by atoms with Gasteiger partial charge in [0.2, 0.25) is 5.91 Å². The number of ether oxygens (including phenoxy) is 2. The maximum Gasteiger partial charge on any atom is 0.239 e. The molecule has 1 aromatic carbocycles. The third kappa shape index (κ3) is 5.63. The van der Waals surface area contributed by atoms with Crippen LogP contribution in [0.1, 0.15) is 26.2 Å². The van der Waals surface area contributed by atoms with Crippen molar-refractivity contribution in [2.75, 3.05) is 31.7 Å². The van der Waals surface area contributed by atoms with Crippen LogP contribution in [0, 0.1) is 0 Å². The molecule has 0 aliphatic carbocycles. The van der Waals surface area contributed by atoms with Crippen LogP contribution in [0.2, 0.25) is 0 Å². The molecule has 0 radical (unpaired) electrons. The molecule has 5 nitrogen and oxygen atoms in total. The van der Waals surface area contributed by atoms with Crippen molar-refractivity contribution in [2.45, 2.75) is 32.2 Å². The standard InChI is InChI=1S/C16H24N2O3/c1-2-9-21-15-5-3-13(4-6-15)17-12-16(19)18-14-7-10-20-11-8-14/h3-6,14,17H,2,7-12H2,1H3,(H,18,19). The Morgan fingerprint density at radius 2 is 2.00 bits per heavy atom. The van der Waals surface area contributed by atoms with Crippen LogP contribution in [-0.2, 0) is 9.53 Å². The minimum atomic E-state index is 0.0215. The first kappa shape index (κ1) is 15.6. The fraction of sp³-hybridized carbons (Fsp3) is 0.562. The van der Waals surface area contributed by atoms with Crippen molar-refractivity contribution in [2.24, 2.45) is 0 Å². The first-order valence-corrected chi connectivity index (χ1v) is 7.62. The number of nitrogens with one attached hydrogen (secondary N) is 2. The minimum Gasteiger partial charge on any atom is -0.494 e. The van der Waals surface area contributed by atoms with Crippen molar-refractivity contribution in [1.82, 2.24) is 5.32 Å². The van der Waals surface area contributed by atoms with E-state index in [0.717, 1.165) is 50.5 Å². The van der Waals surface area contributed by atoms with Gasteiger partial charge in [-0.3, -0.25) is 4.79 Å². The van der Waals surface area contributed by atoms with Gasteiger partial charge < -0.3 is 20.1 Å². The topological polar surface area (TPSA) is 59.6 Å². The Morgan fingerprint density at radius 1 is 1.29 bits per heavy atom. The molecule has 0 saturated carbocycles. The molecule has 1 aliphatic heterocycles. The van der Waals surface area contributed by atoms with Crippen molar-refractivity contribution in [3.8, 4) is 5.75 Å². The molecule has 1 amide bonds. The number of amides is 1. The van der Waals surface area contributed by atoms with E-state index in [1.54, 1.807) is 0 Å². The van der Waals surface area contributed by atoms with E-state index >= 15 is 0 Å². The summed E-state index contributed by atoms with van der Waals surface area (Å²) in [7, 11) is 0. The summed E-state index contributed by atoms with van der Waals surface area (Å²) in [6, 6.07) is 7.92. The average molecular weight is 292 g/mol. The van der Waals surface area contributed by atoms with E-state index in [1.165, 1.54) is 0 Å². The Morgan fingerprint density at radius 3 is 2.67 bits per heavy atom. The molecule has 0 spiro atoms. The predicted molar refractivity (Wildman–Crippen MR) is 82.7 cm³/mol. The summed E-state index contributed by atoms with van der Waals surface area (Å²) in [6.45, 7) is 4.55. The molecule has 1 aliphatic rings. The molecule has 1 saturated heterocycles. The predicted octanol–water partition coefficient (Wildman–Crippen LogP) is 2.18. The zero-order valence-corrected chi connectivity index (χ0v) is 12.6. The normalized spacial score (nSPS) is 15.5. The summed E-state index contributed by atoms with van der Waals surface area (Å²) in [5.41, 5.74) is 0.918. The molecular weight excluding hydrogens is 268 g/mol. The van der Waals surface area contributed by atoms with Gasteiger partial charge in [0.15, 0.2) is 0 Å². The largest absolute Gasteiger partial charge is 0.494 e. The van der Waals surface area contributed by atoms with Gasteiger partial charge in [0.1, 0.15) is 5.75 Å². The van der Waals surface area contributed by atoms with Gasteiger partial charge in [-0.1, -0.05) is 6.92 Å². The summed E-state index contributed by atoms with van der Waals surface area (Å²) in [6.07, 6.45) is 2.79. The minimum absolute atomic E-state index is 0.0215. The lowest BCUT2D eigenvalue weighted by atomic mass is 10.1. The van der Waals surface area contributed by atoms with Crippen molar-refractivity contribution in [3.05, 3.63) is 24.3 Å². The number of hydrogen-bond acceptors (Lipinski definition) is 4. The summed E-state index contributed by atoms with van der Waals surface area (Å²) in [5.74, 6) is 0.877. The Hall–Kier alpha value is -1.75. The highest BCUT2D eigenvalue weighted by molar-refractivity contribution is 5.81. The van der Waals surface area contributed by atoms with Gasteiger partial charge in [-0.05, 0) is 43.5 Å². The zero-order valence-electron chi connectivity index (χ0n) is 12.6. The van der Waals surface area contributed by atoms with Crippen molar-refractivity contribution >= 4 is 11.6 Å². The molecule has 21 heavy (non-hydrogen) atoms. The second-order valence-corrected chi connectivity index (χ2v) is 5.18. The van der Waals surface area contributed by atoms with Gasteiger partial charge in [0.05, 0.1) is 13.2 Å². The third-order valence-corrected chi connectivity index (χ3v) is 3.37.